The topological polar surface area (TPSA) is 161 Å². The summed E-state index contributed by atoms with van der Waals surface area (Å²) in [4.78, 5) is 41.3. The van der Waals surface area contributed by atoms with Gasteiger partial charge in [-0.3, -0.25) is 0 Å². The molecule has 0 aliphatic carbocycles. The molecular formula is C16H8O8Ti. The van der Waals surface area contributed by atoms with Crippen LogP contribution in [0.5, 0.6) is 0 Å². The van der Waals surface area contributed by atoms with E-state index in [1.54, 1.807) is 0 Å². The van der Waals surface area contributed by atoms with E-state index >= 15 is 0 Å². The molecule has 8 nitrogen and oxygen atoms in total. The van der Waals surface area contributed by atoms with Crippen LogP contribution in [0.4, 0.5) is 0 Å². The zero-order valence-electron chi connectivity index (χ0n) is 12.4. The molecule has 0 atom stereocenters. The van der Waals surface area contributed by atoms with Crippen LogP contribution in [0, 0.1) is 0 Å². The van der Waals surface area contributed by atoms with Crippen LogP contribution in [-0.2, 0) is 21.7 Å². The van der Waals surface area contributed by atoms with Gasteiger partial charge in [0.25, 0.3) is 0 Å². The van der Waals surface area contributed by atoms with E-state index in [9.17, 15) is 39.6 Å². The maximum atomic E-state index is 10.3. The Kier molecular flexibility index (Phi) is 8.83. The van der Waals surface area contributed by atoms with E-state index in [1.165, 1.54) is 24.3 Å². The summed E-state index contributed by atoms with van der Waals surface area (Å²) >= 11 is 0. The maximum Gasteiger partial charge on any atom is 4.00 e. The van der Waals surface area contributed by atoms with Gasteiger partial charge in [-0.15, -0.1) is 0 Å². The molecule has 0 radical (unpaired) electrons. The molecule has 0 spiro atoms. The predicted molar refractivity (Wildman–Crippen MR) is 70.2 cm³/mol. The van der Waals surface area contributed by atoms with Crippen LogP contribution < -0.4 is 20.4 Å². The zero-order chi connectivity index (χ0) is 18.3. The van der Waals surface area contributed by atoms with E-state index < -0.39 is 23.9 Å². The number of aromatic carboxylic acids is 4. The average Bonchev–Trinajstić information content (AvgIpc) is 2.55. The van der Waals surface area contributed by atoms with Gasteiger partial charge in [0.1, 0.15) is 0 Å². The number of hydrogen-bond donors (Lipinski definition) is 0. The van der Waals surface area contributed by atoms with Crippen LogP contribution in [0.1, 0.15) is 41.4 Å². The van der Waals surface area contributed by atoms with Crippen molar-refractivity contribution in [2.24, 2.45) is 0 Å². The summed E-state index contributed by atoms with van der Waals surface area (Å²) in [6.45, 7) is 0. The summed E-state index contributed by atoms with van der Waals surface area (Å²) in [5.41, 5.74) is -1.45. The second-order valence-electron chi connectivity index (χ2n) is 4.24. The van der Waals surface area contributed by atoms with Gasteiger partial charge in [-0.05, 0) is 0 Å². The Hall–Kier alpha value is -2.97. The quantitative estimate of drug-likeness (QED) is 0.505. The molecule has 0 aromatic heterocycles. The van der Waals surface area contributed by atoms with Gasteiger partial charge < -0.3 is 39.6 Å². The van der Waals surface area contributed by atoms with Crippen molar-refractivity contribution in [3.63, 3.8) is 0 Å². The summed E-state index contributed by atoms with van der Waals surface area (Å²) in [6, 6.07) is 10.3. The van der Waals surface area contributed by atoms with Crippen molar-refractivity contribution in [1.29, 1.82) is 0 Å². The number of benzene rings is 2. The Morgan fingerprint density at radius 3 is 0.760 bits per heavy atom. The Labute approximate surface area is 156 Å². The summed E-state index contributed by atoms with van der Waals surface area (Å²) in [7, 11) is 0. The first kappa shape index (κ1) is 22.0. The monoisotopic (exact) mass is 376 g/mol. The number of carboxylic acid groups (broad SMARTS) is 4. The van der Waals surface area contributed by atoms with Gasteiger partial charge in [-0.2, -0.15) is 0 Å². The third kappa shape index (κ3) is 6.21. The largest absolute Gasteiger partial charge is 4.00 e. The molecule has 0 N–H and O–H groups in total. The van der Waals surface area contributed by atoms with Gasteiger partial charge in [0.2, 0.25) is 0 Å². The van der Waals surface area contributed by atoms with Gasteiger partial charge in [0.05, 0.1) is 23.9 Å². The molecule has 0 heterocycles. The van der Waals surface area contributed by atoms with E-state index in [4.69, 9.17) is 0 Å². The normalized spacial score (nSPS) is 8.96. The Bertz CT molecular complexity index is 667. The van der Waals surface area contributed by atoms with Gasteiger partial charge in [-0.1, -0.05) is 48.5 Å². The smallest absolute Gasteiger partial charge is 0.545 e. The van der Waals surface area contributed by atoms with Crippen molar-refractivity contribution >= 4 is 23.9 Å². The first-order valence-corrected chi connectivity index (χ1v) is 6.29. The number of rotatable bonds is 4. The van der Waals surface area contributed by atoms with Gasteiger partial charge in [0, 0.05) is 22.3 Å². The molecule has 25 heavy (non-hydrogen) atoms. The third-order valence-corrected chi connectivity index (χ3v) is 2.73. The second-order valence-corrected chi connectivity index (χ2v) is 4.24. The fourth-order valence-electron chi connectivity index (χ4n) is 1.68. The van der Waals surface area contributed by atoms with Gasteiger partial charge >= 0.3 is 21.7 Å². The Morgan fingerprint density at radius 1 is 0.480 bits per heavy atom. The minimum atomic E-state index is -1.52. The molecule has 0 saturated carbocycles. The minimum absolute atomic E-state index is 0. The van der Waals surface area contributed by atoms with E-state index in [0.717, 1.165) is 24.3 Å². The molecule has 0 amide bonds. The molecule has 0 saturated heterocycles. The molecule has 0 aliphatic rings. The average molecular weight is 376 g/mol. The molecule has 124 valence electrons. The van der Waals surface area contributed by atoms with Crippen LogP contribution in [0.15, 0.2) is 48.5 Å². The number of hydrogen-bond acceptors (Lipinski definition) is 8. The molecule has 2 aromatic rings. The minimum Gasteiger partial charge on any atom is -0.545 e. The van der Waals surface area contributed by atoms with Crippen molar-refractivity contribution in [3.05, 3.63) is 70.8 Å². The molecular weight excluding hydrogens is 368 g/mol. The molecule has 2 aromatic carbocycles. The van der Waals surface area contributed by atoms with E-state index in [-0.39, 0.29) is 44.0 Å². The molecule has 0 unspecified atom stereocenters. The van der Waals surface area contributed by atoms with E-state index in [0.29, 0.717) is 0 Å². The summed E-state index contributed by atoms with van der Waals surface area (Å²) in [5, 5.41) is 41.3. The first-order chi connectivity index (χ1) is 11.3. The third-order valence-electron chi connectivity index (χ3n) is 2.73. The summed E-state index contributed by atoms with van der Waals surface area (Å²) in [5.74, 6) is -6.07. The first-order valence-electron chi connectivity index (χ1n) is 6.29. The van der Waals surface area contributed by atoms with Gasteiger partial charge in [0.15, 0.2) is 0 Å². The Balaban J connectivity index is 0.000000443. The number of carbonyl (C=O) groups is 4. The van der Waals surface area contributed by atoms with E-state index in [2.05, 4.69) is 0 Å². The molecule has 2 rings (SSSR count). The summed E-state index contributed by atoms with van der Waals surface area (Å²) in [6.07, 6.45) is 0. The fourth-order valence-corrected chi connectivity index (χ4v) is 1.68. The van der Waals surface area contributed by atoms with Crippen LogP contribution in [0.2, 0.25) is 0 Å². The molecule has 0 aliphatic heterocycles. The van der Waals surface area contributed by atoms with Crippen molar-refractivity contribution in [2.45, 2.75) is 0 Å². The van der Waals surface area contributed by atoms with E-state index in [1.807, 2.05) is 0 Å². The van der Waals surface area contributed by atoms with Crippen LogP contribution >= 0.6 is 0 Å². The predicted octanol–water partition coefficient (Wildman–Crippen LogP) is -3.18. The second kappa shape index (κ2) is 10.0. The molecule has 0 fully saturated rings. The molecule has 9 heteroatoms. The van der Waals surface area contributed by atoms with Crippen molar-refractivity contribution < 1.29 is 61.3 Å². The zero-order valence-corrected chi connectivity index (χ0v) is 13.9. The Morgan fingerprint density at radius 2 is 0.640 bits per heavy atom. The van der Waals surface area contributed by atoms with Crippen molar-refractivity contribution in [3.8, 4) is 0 Å². The van der Waals surface area contributed by atoms with Crippen molar-refractivity contribution in [2.75, 3.05) is 0 Å². The van der Waals surface area contributed by atoms with Gasteiger partial charge in [-0.25, -0.2) is 0 Å². The standard InChI is InChI=1S/2C8H6O4.Ti/c2*9-7(10)5-3-1-2-4-6(5)8(11)12;/h2*1-4H,(H,9,10)(H,11,12);/q;;+4/p-4. The molecule has 0 bridgehead atoms. The number of carbonyl (C=O) groups excluding carboxylic acids is 4. The maximum absolute atomic E-state index is 10.3. The fraction of sp³-hybridized carbons (Fsp3) is 0. The van der Waals surface area contributed by atoms with Crippen LogP contribution in [0.25, 0.3) is 0 Å². The van der Waals surface area contributed by atoms with Crippen molar-refractivity contribution in [1.82, 2.24) is 0 Å². The van der Waals surface area contributed by atoms with Crippen LogP contribution in [-0.4, -0.2) is 23.9 Å². The van der Waals surface area contributed by atoms with Crippen LogP contribution in [0.3, 0.4) is 0 Å². The SMILES string of the molecule is O=C([O-])c1ccccc1C(=O)[O-].O=C([O-])c1ccccc1C(=O)[O-].[Ti+4]. The number of carboxylic acids is 4. The summed E-state index contributed by atoms with van der Waals surface area (Å²) < 4.78 is 0.